The minimum Gasteiger partial charge on any atom is -0.455 e. The van der Waals surface area contributed by atoms with E-state index in [9.17, 15) is 4.39 Å². The van der Waals surface area contributed by atoms with Crippen molar-refractivity contribution in [3.8, 4) is 22.4 Å². The highest BCUT2D eigenvalue weighted by Crippen LogP contribution is 2.38. The van der Waals surface area contributed by atoms with Crippen LogP contribution in [0.25, 0.3) is 44.3 Å². The van der Waals surface area contributed by atoms with Crippen molar-refractivity contribution in [2.45, 2.75) is 46.3 Å². The highest BCUT2D eigenvalue weighted by Gasteiger charge is 2.23. The number of hydrogen-bond acceptors (Lipinski definition) is 1. The summed E-state index contributed by atoms with van der Waals surface area (Å²) < 4.78 is 89.5. The molecule has 3 aromatic carbocycles. The Kier molecular flexibility index (Phi) is 3.79. The van der Waals surface area contributed by atoms with Crippen LogP contribution in [0, 0.1) is 26.4 Å². The van der Waals surface area contributed by atoms with Gasteiger partial charge in [0.15, 0.2) is 6.20 Å². The van der Waals surface area contributed by atoms with Gasteiger partial charge in [0.1, 0.15) is 24.0 Å². The minimum absolute atomic E-state index is 0.0401. The minimum atomic E-state index is -2.65. The molecule has 0 saturated carbocycles. The average Bonchev–Trinajstić information content (AvgIpc) is 3.24. The summed E-state index contributed by atoms with van der Waals surface area (Å²) in [5.74, 6) is -2.15. The fourth-order valence-electron chi connectivity index (χ4n) is 4.64. The summed E-state index contributed by atoms with van der Waals surface area (Å²) in [7, 11) is -0.720. The van der Waals surface area contributed by atoms with E-state index < -0.39 is 33.6 Å². The highest BCUT2D eigenvalue weighted by atomic mass is 28.3. The molecule has 35 heavy (non-hydrogen) atoms. The van der Waals surface area contributed by atoms with E-state index in [2.05, 4.69) is 0 Å². The zero-order valence-electron chi connectivity index (χ0n) is 28.5. The Morgan fingerprint density at radius 2 is 1.69 bits per heavy atom. The van der Waals surface area contributed by atoms with Crippen molar-refractivity contribution in [1.82, 2.24) is 0 Å². The molecule has 2 nitrogen and oxygen atoms in total. The van der Waals surface area contributed by atoms with Gasteiger partial charge in [0.25, 0.3) is 0 Å². The van der Waals surface area contributed by atoms with Crippen LogP contribution in [0.15, 0.2) is 65.2 Å². The SMILES string of the molecule is [2H]C([2H])([2H])c1cc(C([2H])([2H])[Si](C)(C)C)ccc1-c1cc(-c2c(C)ccc3c2oc2cc(F)ccc23)[n+](C)cc1C([2H])([2H])[2H]. The summed E-state index contributed by atoms with van der Waals surface area (Å²) in [5.41, 5.74) is 3.43. The fourth-order valence-corrected chi connectivity index (χ4v) is 5.66. The lowest BCUT2D eigenvalue weighted by molar-refractivity contribution is -0.660. The van der Waals surface area contributed by atoms with E-state index in [1.807, 2.05) is 38.7 Å². The third-order valence-corrected chi connectivity index (χ3v) is 7.21. The van der Waals surface area contributed by atoms with E-state index in [4.69, 9.17) is 15.4 Å². The molecule has 0 radical (unpaired) electrons. The summed E-state index contributed by atoms with van der Waals surface area (Å²) in [6.07, 6.45) is 1.48. The maximum atomic E-state index is 14.0. The third kappa shape index (κ3) is 4.32. The van der Waals surface area contributed by atoms with Gasteiger partial charge >= 0.3 is 0 Å². The standard InChI is InChI=1S/C31H33FNOSi/c1-19-8-11-26-25-13-10-23(32)15-29(25)34-31(26)30(19)28-16-27(21(3)17-33(28)4)24-12-9-22(14-20(24)2)18-35(5,6)7/h8-17H,18H2,1-7H3/q+1/i2D3,3D3,18D2. The normalized spacial score (nSPS) is 16.6. The van der Waals surface area contributed by atoms with Crippen molar-refractivity contribution in [2.24, 2.45) is 7.05 Å². The summed E-state index contributed by atoms with van der Waals surface area (Å²) in [5, 5.41) is 1.50. The van der Waals surface area contributed by atoms with Gasteiger partial charge in [0.05, 0.1) is 5.56 Å². The highest BCUT2D eigenvalue weighted by molar-refractivity contribution is 6.75. The van der Waals surface area contributed by atoms with E-state index in [0.717, 1.165) is 16.3 Å². The van der Waals surface area contributed by atoms with Gasteiger partial charge in [-0.05, 0) is 61.0 Å². The van der Waals surface area contributed by atoms with Crippen LogP contribution in [0.3, 0.4) is 0 Å². The Morgan fingerprint density at radius 3 is 2.43 bits per heavy atom. The molecule has 5 aromatic rings. The molecule has 0 N–H and O–H groups in total. The summed E-state index contributed by atoms with van der Waals surface area (Å²) in [4.78, 5) is 0. The molecule has 2 aromatic heterocycles. The van der Waals surface area contributed by atoms with Gasteiger partial charge in [-0.3, -0.25) is 0 Å². The molecule has 5 rings (SSSR count). The van der Waals surface area contributed by atoms with Gasteiger partial charge in [-0.2, -0.15) is 0 Å². The predicted octanol–water partition coefficient (Wildman–Crippen LogP) is 8.23. The van der Waals surface area contributed by atoms with E-state index in [-0.39, 0.29) is 27.8 Å². The van der Waals surface area contributed by atoms with Crippen molar-refractivity contribution in [2.75, 3.05) is 0 Å². The van der Waals surface area contributed by atoms with Gasteiger partial charge in [-0.15, -0.1) is 0 Å². The third-order valence-electron chi connectivity index (χ3n) is 6.17. The number of hydrogen-bond donors (Lipinski definition) is 0. The van der Waals surface area contributed by atoms with Crippen LogP contribution in [0.5, 0.6) is 0 Å². The fraction of sp³-hybridized carbons (Fsp3) is 0.258. The number of pyridine rings is 1. The first-order valence-electron chi connectivity index (χ1n) is 15.5. The topological polar surface area (TPSA) is 17.0 Å². The van der Waals surface area contributed by atoms with Crippen molar-refractivity contribution >= 4 is 30.0 Å². The summed E-state index contributed by atoms with van der Waals surface area (Å²) in [6, 6.07) is 14.3. The zero-order valence-corrected chi connectivity index (χ0v) is 21.5. The number of rotatable bonds is 4. The molecule has 178 valence electrons. The number of furan rings is 1. The van der Waals surface area contributed by atoms with Crippen LogP contribution in [0.1, 0.15) is 33.2 Å². The molecular formula is C31H33FNOSi+. The van der Waals surface area contributed by atoms with Crippen molar-refractivity contribution in [3.05, 3.63) is 88.9 Å². The van der Waals surface area contributed by atoms with Crippen LogP contribution in [-0.4, -0.2) is 8.07 Å². The van der Waals surface area contributed by atoms with E-state index in [1.165, 1.54) is 30.5 Å². The molecular weight excluding hydrogens is 449 g/mol. The molecule has 0 aliphatic carbocycles. The molecule has 0 spiro atoms. The van der Waals surface area contributed by atoms with Gasteiger partial charge in [0.2, 0.25) is 5.69 Å². The lowest BCUT2D eigenvalue weighted by atomic mass is 9.93. The largest absolute Gasteiger partial charge is 0.455 e. The molecule has 4 heteroatoms. The van der Waals surface area contributed by atoms with E-state index >= 15 is 0 Å². The molecule has 0 bridgehead atoms. The first kappa shape index (κ1) is 15.7. The van der Waals surface area contributed by atoms with E-state index in [1.54, 1.807) is 29.8 Å². The molecule has 0 fully saturated rings. The molecule has 0 saturated heterocycles. The monoisotopic (exact) mass is 490 g/mol. The van der Waals surface area contributed by atoms with Gasteiger partial charge in [-0.1, -0.05) is 55.5 Å². The maximum absolute atomic E-state index is 14.0. The van der Waals surface area contributed by atoms with Gasteiger partial charge < -0.3 is 4.42 Å². The lowest BCUT2D eigenvalue weighted by Crippen LogP contribution is -2.31. The van der Waals surface area contributed by atoms with E-state index in [0.29, 0.717) is 22.4 Å². The smallest absolute Gasteiger partial charge is 0.216 e. The molecule has 0 aliphatic rings. The van der Waals surface area contributed by atoms with Crippen LogP contribution >= 0.6 is 0 Å². The first-order chi connectivity index (χ1) is 19.7. The number of aromatic nitrogens is 1. The van der Waals surface area contributed by atoms with Gasteiger partial charge in [-0.25, -0.2) is 8.96 Å². The van der Waals surface area contributed by atoms with Gasteiger partial charge in [0, 0.05) is 47.5 Å². The Morgan fingerprint density at radius 1 is 0.914 bits per heavy atom. The second kappa shape index (κ2) is 8.45. The van der Waals surface area contributed by atoms with Crippen LogP contribution in [-0.2, 0) is 13.0 Å². The predicted molar refractivity (Wildman–Crippen MR) is 147 cm³/mol. The Balaban J connectivity index is 1.86. The number of halogens is 1. The van der Waals surface area contributed by atoms with Crippen molar-refractivity contribution in [1.29, 1.82) is 0 Å². The quantitative estimate of drug-likeness (QED) is 0.183. The summed E-state index contributed by atoms with van der Waals surface area (Å²) >= 11 is 0. The van der Waals surface area contributed by atoms with Crippen molar-refractivity contribution in [3.63, 3.8) is 0 Å². The molecule has 0 aliphatic heterocycles. The molecule has 0 unspecified atom stereocenters. The Labute approximate surface area is 219 Å². The molecule has 2 heterocycles. The first-order valence-corrected chi connectivity index (χ1v) is 15.0. The number of benzene rings is 3. The average molecular weight is 491 g/mol. The number of nitrogens with zero attached hydrogens (tertiary/aromatic N) is 1. The second-order valence-electron chi connectivity index (χ2n) is 10.1. The van der Waals surface area contributed by atoms with Crippen molar-refractivity contribution < 1.29 is 24.3 Å². The number of fused-ring (bicyclic) bond motifs is 3. The Bertz CT molecular complexity index is 1900. The van der Waals surface area contributed by atoms with Crippen LogP contribution in [0.4, 0.5) is 4.39 Å². The Hall–Kier alpha value is -3.24. The van der Waals surface area contributed by atoms with Crippen LogP contribution < -0.4 is 4.57 Å². The zero-order chi connectivity index (χ0) is 31.9. The molecule has 0 atom stereocenters. The molecule has 0 amide bonds. The lowest BCUT2D eigenvalue weighted by Gasteiger charge is -2.17. The second-order valence-corrected chi connectivity index (χ2v) is 14.9. The summed E-state index contributed by atoms with van der Waals surface area (Å²) in [6.45, 7) is 2.29. The van der Waals surface area contributed by atoms with Crippen LogP contribution in [0.2, 0.25) is 19.6 Å². The number of aryl methyl sites for hydroxylation is 4. The maximum Gasteiger partial charge on any atom is 0.216 e.